The summed E-state index contributed by atoms with van der Waals surface area (Å²) in [5.74, 6) is 0.539. The molecule has 0 N–H and O–H groups in total. The molecule has 0 fully saturated rings. The van der Waals surface area contributed by atoms with E-state index in [-0.39, 0.29) is 11.8 Å². The molecule has 0 saturated carbocycles. The zero-order valence-electron chi connectivity index (χ0n) is 79.0. The van der Waals surface area contributed by atoms with Crippen LogP contribution in [-0.2, 0) is 0 Å². The molecule has 0 unspecified atom stereocenters. The zero-order chi connectivity index (χ0) is 94.3. The van der Waals surface area contributed by atoms with E-state index in [0.29, 0.717) is 0 Å². The summed E-state index contributed by atoms with van der Waals surface area (Å²) in [4.78, 5) is 9.67. The highest BCUT2D eigenvalue weighted by Crippen LogP contribution is 2.55. The van der Waals surface area contributed by atoms with Crippen LogP contribution in [0.3, 0.4) is 0 Å². The first-order chi connectivity index (χ1) is 69.5. The molecule has 0 aliphatic heterocycles. The Bertz CT molecular complexity index is 9150. The highest BCUT2D eigenvalue weighted by Gasteiger charge is 2.30. The molecule has 0 spiro atoms. The van der Waals surface area contributed by atoms with Gasteiger partial charge in [-0.05, 0) is 267 Å². The fraction of sp³-hybridized carbons (Fsp3) is 0.0519. The van der Waals surface area contributed by atoms with Crippen LogP contribution in [-0.4, -0.2) is 0 Å². The van der Waals surface area contributed by atoms with Crippen molar-refractivity contribution in [1.29, 1.82) is 0 Å². The average molecular weight is 1810 g/mol. The number of aryl methyl sites for hydroxylation is 1. The van der Waals surface area contributed by atoms with Gasteiger partial charge in [-0.3, -0.25) is 0 Å². The van der Waals surface area contributed by atoms with Gasteiger partial charge in [0.1, 0.15) is 16.7 Å². The normalized spacial score (nSPS) is 11.7. The van der Waals surface area contributed by atoms with Crippen LogP contribution >= 0.6 is 0 Å². The SMILES string of the molecule is CC(C)c1cc(-c2ccc(N(c3ccc4oc5ccccc5c4c3)c3ccccc3-c3ccccc3)cc2)c2ccc3c(C(C)C)cc(N(c4ccc(-c5ccccc5)cc4)c4ccccc4-c4ccccc4)c4ccc1c2c34.Cc1ccc(N(c2ccc(-c3ccc4ccc5c(N(c6ccccc6)c6cccc7c6oc6ccccc67)ccc6ccc3c4c65)cc2)c2ccccc2-c2ccccc2)cc1. The number of fused-ring (bicyclic) bond motifs is 6. The summed E-state index contributed by atoms with van der Waals surface area (Å²) in [5.41, 5.74) is 34.8. The lowest BCUT2D eigenvalue weighted by atomic mass is 9.82. The minimum absolute atomic E-state index is 0.259. The van der Waals surface area contributed by atoms with Gasteiger partial charge in [-0.25, -0.2) is 0 Å². The van der Waals surface area contributed by atoms with Crippen LogP contribution in [0.5, 0.6) is 0 Å². The fourth-order valence-corrected chi connectivity index (χ4v) is 21.9. The van der Waals surface area contributed by atoms with E-state index in [2.05, 4.69) is 533 Å². The van der Waals surface area contributed by atoms with E-state index in [9.17, 15) is 0 Å². The van der Waals surface area contributed by atoms with Gasteiger partial charge in [0.15, 0.2) is 5.58 Å². The van der Waals surface area contributed by atoms with Crippen LogP contribution in [0, 0.1) is 6.92 Å². The van der Waals surface area contributed by atoms with E-state index in [1.807, 2.05) is 12.1 Å². The Morgan fingerprint density at radius 2 is 0.525 bits per heavy atom. The highest BCUT2D eigenvalue weighted by atomic mass is 16.3. The second-order valence-electron chi connectivity index (χ2n) is 37.7. The minimum atomic E-state index is 0.259. The first kappa shape index (κ1) is 84.9. The predicted octanol–water partition coefficient (Wildman–Crippen LogP) is 39.4. The Kier molecular flexibility index (Phi) is 21.5. The molecule has 6 nitrogen and oxygen atoms in total. The molecule has 141 heavy (non-hydrogen) atoms. The minimum Gasteiger partial charge on any atom is -0.456 e. The van der Waals surface area contributed by atoms with E-state index < -0.39 is 0 Å². The van der Waals surface area contributed by atoms with Crippen molar-refractivity contribution in [2.75, 3.05) is 19.6 Å². The molecular formula is C135H98N4O2. The van der Waals surface area contributed by atoms with Crippen LogP contribution in [0.15, 0.2) is 500 Å². The largest absolute Gasteiger partial charge is 0.456 e. The Labute approximate surface area is 820 Å². The summed E-state index contributed by atoms with van der Waals surface area (Å²) in [6.45, 7) is 11.5. The van der Waals surface area contributed by atoms with Gasteiger partial charge < -0.3 is 28.4 Å². The lowest BCUT2D eigenvalue weighted by molar-refractivity contribution is 0.668. The van der Waals surface area contributed by atoms with Crippen LogP contribution in [0.2, 0.25) is 0 Å². The van der Waals surface area contributed by atoms with Gasteiger partial charge in [-0.1, -0.05) is 391 Å². The standard InChI is InChI=1S/C76H58N2O.C59H40N2O/c1-49(2)66-47-68(55-34-38-56(39-35-55)77(70-29-17-14-26-59(70)53-22-10-6-11-23-53)58-40-45-74-69(46-58)61-28-16-19-31-73(61)79-74)64-42-41-63-67(50(3)4)48-72(65-44-43-62(66)75(64)76(63)65)78(57-36-32-52(33-37-57)51-20-8-5-9-21-51)71-30-18-15-27-60(71)54-24-12-7-13-25-54;1-39-23-31-45(32-24-39)60(53-20-10-8-17-48(53)40-13-4-2-5-14-40)46-33-25-41(26-34-46)47-35-27-42-29-37-52-54(38-30-43-28-36-50(47)57(42)58(43)52)61(44-15-6-3-7-16-44)55-21-12-19-51-49-18-9-11-22-56(49)62-59(51)55/h5-50H,1-4H3;2-38H,1H3. The Morgan fingerprint density at radius 3 is 1.10 bits per heavy atom. The third-order valence-electron chi connectivity index (χ3n) is 28.7. The molecule has 2 heterocycles. The Morgan fingerprint density at radius 1 is 0.177 bits per heavy atom. The molecule has 0 saturated heterocycles. The molecule has 6 heteroatoms. The maximum Gasteiger partial charge on any atom is 0.159 e. The molecule has 0 radical (unpaired) electrons. The number of furan rings is 2. The van der Waals surface area contributed by atoms with Gasteiger partial charge in [0.25, 0.3) is 0 Å². The van der Waals surface area contributed by atoms with Crippen molar-refractivity contribution >= 4 is 177 Å². The quantitative estimate of drug-likeness (QED) is 0.0708. The molecule has 0 atom stereocenters. The second-order valence-corrected chi connectivity index (χ2v) is 37.7. The highest BCUT2D eigenvalue weighted by molar-refractivity contribution is 6.31. The predicted molar refractivity (Wildman–Crippen MR) is 599 cm³/mol. The summed E-state index contributed by atoms with van der Waals surface area (Å²) in [6.07, 6.45) is 0. The fourth-order valence-electron chi connectivity index (χ4n) is 21.9. The van der Waals surface area contributed by atoms with E-state index in [0.717, 1.165) is 118 Å². The maximum atomic E-state index is 6.66. The monoisotopic (exact) mass is 1810 g/mol. The lowest BCUT2D eigenvalue weighted by Gasteiger charge is -2.31. The van der Waals surface area contributed by atoms with Gasteiger partial charge >= 0.3 is 0 Å². The number of hydrogen-bond acceptors (Lipinski definition) is 6. The number of hydrogen-bond donors (Lipinski definition) is 0. The van der Waals surface area contributed by atoms with Gasteiger partial charge in [0.2, 0.25) is 0 Å². The van der Waals surface area contributed by atoms with Gasteiger partial charge in [-0.2, -0.15) is 0 Å². The van der Waals surface area contributed by atoms with Crippen molar-refractivity contribution in [3.05, 3.63) is 508 Å². The van der Waals surface area contributed by atoms with E-state index in [1.54, 1.807) is 0 Å². The number of para-hydroxylation sites is 7. The van der Waals surface area contributed by atoms with Crippen molar-refractivity contribution < 1.29 is 8.83 Å². The van der Waals surface area contributed by atoms with Crippen molar-refractivity contribution in [2.24, 2.45) is 0 Å². The van der Waals surface area contributed by atoms with Crippen LogP contribution in [0.25, 0.3) is 175 Å². The molecule has 26 aromatic rings. The van der Waals surface area contributed by atoms with Crippen molar-refractivity contribution in [3.8, 4) is 66.8 Å². The molecule has 24 aromatic carbocycles. The van der Waals surface area contributed by atoms with E-state index in [1.165, 1.54) is 143 Å². The second kappa shape index (κ2) is 35.7. The number of anilines is 12. The molecule has 0 aliphatic rings. The first-order valence-electron chi connectivity index (χ1n) is 49.0. The first-order valence-corrected chi connectivity index (χ1v) is 49.0. The van der Waals surface area contributed by atoms with Gasteiger partial charge in [0, 0.05) is 83.1 Å². The van der Waals surface area contributed by atoms with Crippen molar-refractivity contribution in [2.45, 2.75) is 46.5 Å². The van der Waals surface area contributed by atoms with Gasteiger partial charge in [-0.15, -0.1) is 0 Å². The zero-order valence-corrected chi connectivity index (χ0v) is 79.0. The summed E-state index contributed by atoms with van der Waals surface area (Å²) < 4.78 is 13.0. The van der Waals surface area contributed by atoms with E-state index in [4.69, 9.17) is 8.83 Å². The average Bonchev–Trinajstić information content (AvgIpc) is 1.57. The van der Waals surface area contributed by atoms with Crippen molar-refractivity contribution in [1.82, 2.24) is 0 Å². The molecule has 0 aliphatic carbocycles. The molecule has 670 valence electrons. The number of rotatable bonds is 20. The smallest absolute Gasteiger partial charge is 0.159 e. The van der Waals surface area contributed by atoms with Crippen LogP contribution < -0.4 is 19.6 Å². The number of nitrogens with zero attached hydrogens (tertiary/aromatic N) is 4. The molecule has 2 aromatic heterocycles. The van der Waals surface area contributed by atoms with Gasteiger partial charge in [0.05, 0.1) is 34.1 Å². The third kappa shape index (κ3) is 15.1. The molecular weight excluding hydrogens is 1710 g/mol. The topological polar surface area (TPSA) is 39.2 Å². The summed E-state index contributed by atoms with van der Waals surface area (Å²) in [5, 5.41) is 19.6. The summed E-state index contributed by atoms with van der Waals surface area (Å²) in [7, 11) is 0. The number of benzene rings is 24. The van der Waals surface area contributed by atoms with Crippen LogP contribution in [0.4, 0.5) is 68.2 Å². The summed E-state index contributed by atoms with van der Waals surface area (Å²) >= 11 is 0. The molecule has 0 amide bonds. The van der Waals surface area contributed by atoms with E-state index >= 15 is 0 Å². The maximum absolute atomic E-state index is 6.66. The Hall–Kier alpha value is -17.8. The molecule has 26 rings (SSSR count). The molecule has 0 bridgehead atoms. The van der Waals surface area contributed by atoms with Crippen molar-refractivity contribution in [3.63, 3.8) is 0 Å². The Balaban J connectivity index is 0.000000153. The summed E-state index contributed by atoms with van der Waals surface area (Å²) in [6, 6.07) is 179. The van der Waals surface area contributed by atoms with Crippen LogP contribution in [0.1, 0.15) is 56.2 Å². The lowest BCUT2D eigenvalue weighted by Crippen LogP contribution is -2.13. The third-order valence-corrected chi connectivity index (χ3v) is 28.7.